The van der Waals surface area contributed by atoms with Crippen LogP contribution in [0.15, 0.2) is 18.2 Å². The highest BCUT2D eigenvalue weighted by atomic mass is 19.1. The van der Waals surface area contributed by atoms with Gasteiger partial charge in [-0.2, -0.15) is 0 Å². The van der Waals surface area contributed by atoms with Crippen LogP contribution in [0.5, 0.6) is 5.75 Å². The standard InChI is InChI=1S/C15H23FN2O2/c1-19-13-6-3-5-11(14(13)16)9-12(18-17)10-15(20-2)7-4-8-15/h3,5-6,12,18H,4,7-10,17H2,1-2H3. The minimum atomic E-state index is -0.310. The van der Waals surface area contributed by atoms with Gasteiger partial charge < -0.3 is 9.47 Å². The molecule has 0 heterocycles. The van der Waals surface area contributed by atoms with Gasteiger partial charge in [-0.05, 0) is 43.7 Å². The lowest BCUT2D eigenvalue weighted by atomic mass is 9.75. The smallest absolute Gasteiger partial charge is 0.168 e. The topological polar surface area (TPSA) is 56.5 Å². The Labute approximate surface area is 119 Å². The van der Waals surface area contributed by atoms with Crippen molar-refractivity contribution in [2.45, 2.75) is 43.7 Å². The maximum Gasteiger partial charge on any atom is 0.168 e. The summed E-state index contributed by atoms with van der Waals surface area (Å²) >= 11 is 0. The number of rotatable bonds is 7. The third kappa shape index (κ3) is 3.11. The van der Waals surface area contributed by atoms with E-state index < -0.39 is 0 Å². The fourth-order valence-electron chi connectivity index (χ4n) is 2.84. The Morgan fingerprint density at radius 3 is 2.65 bits per heavy atom. The summed E-state index contributed by atoms with van der Waals surface area (Å²) in [5.41, 5.74) is 3.30. The van der Waals surface area contributed by atoms with E-state index in [9.17, 15) is 4.39 Å². The number of halogens is 1. The highest BCUT2D eigenvalue weighted by Gasteiger charge is 2.39. The molecule has 4 nitrogen and oxygen atoms in total. The second kappa shape index (κ2) is 6.52. The van der Waals surface area contributed by atoms with Gasteiger partial charge in [0.2, 0.25) is 0 Å². The summed E-state index contributed by atoms with van der Waals surface area (Å²) in [6.45, 7) is 0. The third-order valence-corrected chi connectivity index (χ3v) is 4.28. The van der Waals surface area contributed by atoms with Crippen molar-refractivity contribution >= 4 is 0 Å². The van der Waals surface area contributed by atoms with Gasteiger partial charge in [0, 0.05) is 13.2 Å². The van der Waals surface area contributed by atoms with Crippen molar-refractivity contribution in [1.29, 1.82) is 0 Å². The first-order valence-electron chi connectivity index (χ1n) is 6.97. The lowest BCUT2D eigenvalue weighted by molar-refractivity contribution is -0.0834. The van der Waals surface area contributed by atoms with Crippen LogP contribution in [0.25, 0.3) is 0 Å². The van der Waals surface area contributed by atoms with E-state index in [0.29, 0.717) is 12.0 Å². The Morgan fingerprint density at radius 1 is 1.40 bits per heavy atom. The lowest BCUT2D eigenvalue weighted by Crippen LogP contribution is -2.48. The summed E-state index contributed by atoms with van der Waals surface area (Å²) in [5, 5.41) is 0. The molecule has 1 aromatic carbocycles. The van der Waals surface area contributed by atoms with Crippen molar-refractivity contribution in [3.05, 3.63) is 29.6 Å². The number of hydrogen-bond acceptors (Lipinski definition) is 4. The Morgan fingerprint density at radius 2 is 2.15 bits per heavy atom. The summed E-state index contributed by atoms with van der Waals surface area (Å²) < 4.78 is 24.8. The van der Waals surface area contributed by atoms with E-state index in [4.69, 9.17) is 15.3 Å². The average Bonchev–Trinajstić information content (AvgIpc) is 2.43. The second-order valence-corrected chi connectivity index (χ2v) is 5.45. The van der Waals surface area contributed by atoms with E-state index in [1.807, 2.05) is 0 Å². The van der Waals surface area contributed by atoms with Crippen LogP contribution in [0, 0.1) is 5.82 Å². The Hall–Kier alpha value is -1.17. The molecule has 2 rings (SSSR count). The van der Waals surface area contributed by atoms with Gasteiger partial charge in [0.15, 0.2) is 11.6 Å². The fraction of sp³-hybridized carbons (Fsp3) is 0.600. The van der Waals surface area contributed by atoms with Crippen LogP contribution in [0.2, 0.25) is 0 Å². The minimum absolute atomic E-state index is 0.0168. The summed E-state index contributed by atoms with van der Waals surface area (Å²) in [7, 11) is 3.20. The van der Waals surface area contributed by atoms with E-state index >= 15 is 0 Å². The van der Waals surface area contributed by atoms with Gasteiger partial charge in [0.1, 0.15) is 0 Å². The van der Waals surface area contributed by atoms with Gasteiger partial charge in [0.25, 0.3) is 0 Å². The van der Waals surface area contributed by atoms with E-state index in [1.165, 1.54) is 13.5 Å². The molecule has 0 spiro atoms. The van der Waals surface area contributed by atoms with Crippen LogP contribution in [-0.4, -0.2) is 25.9 Å². The summed E-state index contributed by atoms with van der Waals surface area (Å²) in [5.74, 6) is 5.58. The number of methoxy groups -OCH3 is 2. The number of ether oxygens (including phenoxy) is 2. The molecule has 0 saturated heterocycles. The zero-order chi connectivity index (χ0) is 14.6. The third-order valence-electron chi connectivity index (χ3n) is 4.28. The molecule has 1 aliphatic rings. The van der Waals surface area contributed by atoms with Gasteiger partial charge in [-0.1, -0.05) is 12.1 Å². The Balaban J connectivity index is 2.06. The van der Waals surface area contributed by atoms with Gasteiger partial charge in [0.05, 0.1) is 12.7 Å². The SMILES string of the molecule is COc1cccc(CC(CC2(OC)CCC2)NN)c1F. The van der Waals surface area contributed by atoms with E-state index in [2.05, 4.69) is 5.43 Å². The molecule has 0 amide bonds. The van der Waals surface area contributed by atoms with Gasteiger partial charge in [-0.25, -0.2) is 4.39 Å². The molecule has 1 atom stereocenters. The van der Waals surface area contributed by atoms with Crippen LogP contribution in [0.1, 0.15) is 31.2 Å². The molecular formula is C15H23FN2O2. The van der Waals surface area contributed by atoms with Crippen LogP contribution in [0.4, 0.5) is 4.39 Å². The number of nitrogens with two attached hydrogens (primary N) is 1. The predicted molar refractivity (Wildman–Crippen MR) is 76.0 cm³/mol. The average molecular weight is 282 g/mol. The molecular weight excluding hydrogens is 259 g/mol. The molecule has 0 aliphatic heterocycles. The van der Waals surface area contributed by atoms with E-state index in [1.54, 1.807) is 25.3 Å². The maximum absolute atomic E-state index is 14.2. The zero-order valence-corrected chi connectivity index (χ0v) is 12.1. The molecule has 1 saturated carbocycles. The van der Waals surface area contributed by atoms with E-state index in [-0.39, 0.29) is 23.2 Å². The van der Waals surface area contributed by atoms with Crippen molar-refractivity contribution in [3.63, 3.8) is 0 Å². The minimum Gasteiger partial charge on any atom is -0.494 e. The van der Waals surface area contributed by atoms with Crippen molar-refractivity contribution in [2.24, 2.45) is 5.84 Å². The van der Waals surface area contributed by atoms with Crippen LogP contribution in [-0.2, 0) is 11.2 Å². The maximum atomic E-state index is 14.2. The molecule has 1 aromatic rings. The molecule has 1 aliphatic carbocycles. The number of nitrogens with one attached hydrogen (secondary N) is 1. The predicted octanol–water partition coefficient (Wildman–Crippen LogP) is 2.17. The van der Waals surface area contributed by atoms with Crippen molar-refractivity contribution in [1.82, 2.24) is 5.43 Å². The molecule has 20 heavy (non-hydrogen) atoms. The van der Waals surface area contributed by atoms with Crippen LogP contribution >= 0.6 is 0 Å². The largest absolute Gasteiger partial charge is 0.494 e. The molecule has 1 unspecified atom stereocenters. The van der Waals surface area contributed by atoms with Crippen molar-refractivity contribution < 1.29 is 13.9 Å². The highest BCUT2D eigenvalue weighted by Crippen LogP contribution is 2.39. The zero-order valence-electron chi connectivity index (χ0n) is 12.1. The molecule has 0 bridgehead atoms. The number of hydrazine groups is 1. The van der Waals surface area contributed by atoms with Crippen LogP contribution in [0.3, 0.4) is 0 Å². The number of hydrogen-bond donors (Lipinski definition) is 2. The first-order valence-corrected chi connectivity index (χ1v) is 6.97. The Kier molecular flexibility index (Phi) is 4.96. The molecule has 1 fully saturated rings. The van der Waals surface area contributed by atoms with Gasteiger partial charge in [-0.15, -0.1) is 0 Å². The number of benzene rings is 1. The summed E-state index contributed by atoms with van der Waals surface area (Å²) in [6.07, 6.45) is 4.57. The first kappa shape index (κ1) is 15.2. The van der Waals surface area contributed by atoms with Crippen LogP contribution < -0.4 is 16.0 Å². The summed E-state index contributed by atoms with van der Waals surface area (Å²) in [6, 6.07) is 5.16. The second-order valence-electron chi connectivity index (χ2n) is 5.45. The highest BCUT2D eigenvalue weighted by molar-refractivity contribution is 5.31. The molecule has 112 valence electrons. The van der Waals surface area contributed by atoms with Gasteiger partial charge >= 0.3 is 0 Å². The van der Waals surface area contributed by atoms with Gasteiger partial charge in [-0.3, -0.25) is 11.3 Å². The van der Waals surface area contributed by atoms with Crippen molar-refractivity contribution in [3.8, 4) is 5.75 Å². The molecule has 0 radical (unpaired) electrons. The molecule has 0 aromatic heterocycles. The fourth-order valence-corrected chi connectivity index (χ4v) is 2.84. The molecule has 3 N–H and O–H groups in total. The molecule has 5 heteroatoms. The quantitative estimate of drug-likeness (QED) is 0.594. The lowest BCUT2D eigenvalue weighted by Gasteiger charge is -2.42. The van der Waals surface area contributed by atoms with Crippen molar-refractivity contribution in [2.75, 3.05) is 14.2 Å². The Bertz CT molecular complexity index is 444. The van der Waals surface area contributed by atoms with E-state index in [0.717, 1.165) is 19.3 Å². The summed E-state index contributed by atoms with van der Waals surface area (Å²) in [4.78, 5) is 0. The first-order chi connectivity index (χ1) is 9.64. The monoisotopic (exact) mass is 282 g/mol. The normalized spacial score (nSPS) is 18.4.